The van der Waals surface area contributed by atoms with Gasteiger partial charge >= 0.3 is 0 Å². The van der Waals surface area contributed by atoms with Gasteiger partial charge in [-0.05, 0) is 31.5 Å². The van der Waals surface area contributed by atoms with Crippen molar-refractivity contribution >= 4 is 11.6 Å². The number of benzene rings is 1. The molecule has 0 spiro atoms. The summed E-state index contributed by atoms with van der Waals surface area (Å²) in [4.78, 5) is 8.36. The minimum Gasteiger partial charge on any atom is -0.263 e. The third-order valence-corrected chi connectivity index (χ3v) is 4.00. The van der Waals surface area contributed by atoms with E-state index in [9.17, 15) is 0 Å². The van der Waals surface area contributed by atoms with Crippen LogP contribution in [0.15, 0.2) is 36.8 Å². The molecule has 0 saturated carbocycles. The van der Waals surface area contributed by atoms with Crippen LogP contribution in [0.3, 0.4) is 0 Å². The molecule has 0 unspecified atom stereocenters. The number of nitrogens with zero attached hydrogens (tertiary/aromatic N) is 5. The third kappa shape index (κ3) is 2.94. The van der Waals surface area contributed by atoms with Crippen LogP contribution in [0.2, 0.25) is 5.02 Å². The topological polar surface area (TPSA) is 67.4 Å². The molecule has 0 aliphatic rings. The first-order valence-corrected chi connectivity index (χ1v) is 7.47. The first-order valence-electron chi connectivity index (χ1n) is 7.09. The Hall–Kier alpha value is -2.71. The molecule has 0 bridgehead atoms. The van der Waals surface area contributed by atoms with Gasteiger partial charge in [0.15, 0.2) is 0 Å². The molecule has 0 aliphatic heterocycles. The zero-order valence-corrected chi connectivity index (χ0v) is 13.5. The first-order chi connectivity index (χ1) is 11.1. The van der Waals surface area contributed by atoms with Gasteiger partial charge in [-0.3, -0.25) is 14.6 Å². The lowest BCUT2D eigenvalue weighted by Crippen LogP contribution is -2.05. The standard InChI is InChI=1S/C17H14ClN5/c1-11-17(13-3-4-14(8-19)16(18)7-13)12(2)23(22-11)10-15-9-20-5-6-21-15/h3-7,9H,10H2,1-2H3. The highest BCUT2D eigenvalue weighted by atomic mass is 35.5. The van der Waals surface area contributed by atoms with Crippen molar-refractivity contribution in [3.63, 3.8) is 0 Å². The highest BCUT2D eigenvalue weighted by molar-refractivity contribution is 6.32. The molecule has 0 saturated heterocycles. The number of halogens is 1. The number of rotatable bonds is 3. The molecule has 0 amide bonds. The zero-order chi connectivity index (χ0) is 16.4. The Morgan fingerprint density at radius 2 is 2.09 bits per heavy atom. The number of aromatic nitrogens is 4. The summed E-state index contributed by atoms with van der Waals surface area (Å²) in [5.41, 5.74) is 5.23. The number of hydrogen-bond acceptors (Lipinski definition) is 4. The Kier molecular flexibility index (Phi) is 4.09. The first kappa shape index (κ1) is 15.2. The second kappa shape index (κ2) is 6.19. The molecule has 0 atom stereocenters. The van der Waals surface area contributed by atoms with Crippen LogP contribution in [0.4, 0.5) is 0 Å². The molecule has 0 N–H and O–H groups in total. The van der Waals surface area contributed by atoms with Crippen LogP contribution in [0.25, 0.3) is 11.1 Å². The summed E-state index contributed by atoms with van der Waals surface area (Å²) in [6.07, 6.45) is 5.05. The minimum absolute atomic E-state index is 0.450. The van der Waals surface area contributed by atoms with Crippen LogP contribution in [-0.4, -0.2) is 19.7 Å². The molecule has 3 rings (SSSR count). The van der Waals surface area contributed by atoms with Gasteiger partial charge in [0, 0.05) is 23.7 Å². The maximum atomic E-state index is 8.99. The Morgan fingerprint density at radius 1 is 1.26 bits per heavy atom. The summed E-state index contributed by atoms with van der Waals surface area (Å²) in [6, 6.07) is 7.51. The van der Waals surface area contributed by atoms with E-state index in [0.717, 1.165) is 28.2 Å². The molecule has 6 heteroatoms. The van der Waals surface area contributed by atoms with Gasteiger partial charge in [0.05, 0.1) is 34.7 Å². The van der Waals surface area contributed by atoms with E-state index >= 15 is 0 Å². The Balaban J connectivity index is 2.01. The maximum absolute atomic E-state index is 8.99. The summed E-state index contributed by atoms with van der Waals surface area (Å²) in [5, 5.41) is 14.0. The molecule has 3 aromatic rings. The van der Waals surface area contributed by atoms with Gasteiger partial charge in [0.25, 0.3) is 0 Å². The Bertz CT molecular complexity index is 893. The molecule has 0 fully saturated rings. The van der Waals surface area contributed by atoms with Gasteiger partial charge < -0.3 is 0 Å². The summed E-state index contributed by atoms with van der Waals surface area (Å²) in [6.45, 7) is 4.53. The SMILES string of the molecule is Cc1nn(Cc2cnccn2)c(C)c1-c1ccc(C#N)c(Cl)c1. The maximum Gasteiger partial charge on any atom is 0.101 e. The van der Waals surface area contributed by atoms with Crippen LogP contribution >= 0.6 is 11.6 Å². The Labute approximate surface area is 139 Å². The van der Waals surface area contributed by atoms with Gasteiger partial charge in [0.1, 0.15) is 6.07 Å². The lowest BCUT2D eigenvalue weighted by atomic mass is 10.0. The van der Waals surface area contributed by atoms with Crippen LogP contribution in [0, 0.1) is 25.2 Å². The monoisotopic (exact) mass is 323 g/mol. The molecular formula is C17H14ClN5. The molecule has 0 aliphatic carbocycles. The molecule has 2 aromatic heterocycles. The highest BCUT2D eigenvalue weighted by Crippen LogP contribution is 2.30. The lowest BCUT2D eigenvalue weighted by molar-refractivity contribution is 0.644. The number of hydrogen-bond donors (Lipinski definition) is 0. The van der Waals surface area contributed by atoms with Gasteiger partial charge in [-0.1, -0.05) is 17.7 Å². The second-order valence-corrected chi connectivity index (χ2v) is 5.61. The molecule has 1 aromatic carbocycles. The molecule has 2 heterocycles. The summed E-state index contributed by atoms with van der Waals surface area (Å²) in [5.74, 6) is 0. The normalized spacial score (nSPS) is 10.5. The lowest BCUT2D eigenvalue weighted by Gasteiger charge is -2.06. The highest BCUT2D eigenvalue weighted by Gasteiger charge is 2.15. The van der Waals surface area contributed by atoms with Crippen LogP contribution in [-0.2, 0) is 6.54 Å². The van der Waals surface area contributed by atoms with Crippen molar-refractivity contribution in [2.45, 2.75) is 20.4 Å². The van der Waals surface area contributed by atoms with E-state index in [-0.39, 0.29) is 0 Å². The van der Waals surface area contributed by atoms with Crippen molar-refractivity contribution in [2.24, 2.45) is 0 Å². The molecular weight excluding hydrogens is 310 g/mol. The summed E-state index contributed by atoms with van der Waals surface area (Å²) < 4.78 is 1.90. The predicted molar refractivity (Wildman–Crippen MR) is 88.0 cm³/mol. The fourth-order valence-electron chi connectivity index (χ4n) is 2.59. The second-order valence-electron chi connectivity index (χ2n) is 5.21. The van der Waals surface area contributed by atoms with Gasteiger partial charge in [0.2, 0.25) is 0 Å². The quantitative estimate of drug-likeness (QED) is 0.739. The van der Waals surface area contributed by atoms with E-state index in [1.807, 2.05) is 30.7 Å². The van der Waals surface area contributed by atoms with E-state index in [1.54, 1.807) is 24.7 Å². The van der Waals surface area contributed by atoms with Crippen LogP contribution in [0.5, 0.6) is 0 Å². The van der Waals surface area contributed by atoms with Crippen molar-refractivity contribution in [1.29, 1.82) is 5.26 Å². The molecule has 0 radical (unpaired) electrons. The van der Waals surface area contributed by atoms with Crippen molar-refractivity contribution in [2.75, 3.05) is 0 Å². The Morgan fingerprint density at radius 3 is 2.74 bits per heavy atom. The van der Waals surface area contributed by atoms with E-state index in [0.29, 0.717) is 17.1 Å². The van der Waals surface area contributed by atoms with E-state index < -0.39 is 0 Å². The van der Waals surface area contributed by atoms with Crippen LogP contribution in [0.1, 0.15) is 22.6 Å². The summed E-state index contributed by atoms with van der Waals surface area (Å²) >= 11 is 6.15. The van der Waals surface area contributed by atoms with Crippen molar-refractivity contribution in [1.82, 2.24) is 19.7 Å². The average molecular weight is 324 g/mol. The van der Waals surface area contributed by atoms with Gasteiger partial charge in [-0.2, -0.15) is 10.4 Å². The van der Waals surface area contributed by atoms with Crippen LogP contribution < -0.4 is 0 Å². The van der Waals surface area contributed by atoms with Gasteiger partial charge in [-0.15, -0.1) is 0 Å². The fraction of sp³-hybridized carbons (Fsp3) is 0.176. The fourth-order valence-corrected chi connectivity index (χ4v) is 2.82. The summed E-state index contributed by atoms with van der Waals surface area (Å²) in [7, 11) is 0. The third-order valence-electron chi connectivity index (χ3n) is 3.69. The molecule has 23 heavy (non-hydrogen) atoms. The van der Waals surface area contributed by atoms with E-state index in [1.165, 1.54) is 0 Å². The average Bonchev–Trinajstić information content (AvgIpc) is 2.82. The largest absolute Gasteiger partial charge is 0.263 e. The number of nitriles is 1. The van der Waals surface area contributed by atoms with Crippen molar-refractivity contribution in [3.05, 3.63) is 64.5 Å². The van der Waals surface area contributed by atoms with Crippen molar-refractivity contribution in [3.8, 4) is 17.2 Å². The van der Waals surface area contributed by atoms with E-state index in [4.69, 9.17) is 16.9 Å². The number of aryl methyl sites for hydroxylation is 1. The van der Waals surface area contributed by atoms with E-state index in [2.05, 4.69) is 21.1 Å². The zero-order valence-electron chi connectivity index (χ0n) is 12.8. The van der Waals surface area contributed by atoms with Crippen molar-refractivity contribution < 1.29 is 0 Å². The smallest absolute Gasteiger partial charge is 0.101 e. The molecule has 5 nitrogen and oxygen atoms in total. The molecule has 114 valence electrons. The minimum atomic E-state index is 0.450. The van der Waals surface area contributed by atoms with Gasteiger partial charge in [-0.25, -0.2) is 0 Å². The predicted octanol–water partition coefficient (Wildman–Crippen LogP) is 3.53.